The topological polar surface area (TPSA) is 3.24 Å². The molecule has 2 aliphatic rings. The Morgan fingerprint density at radius 2 is 1.81 bits per heavy atom. The van der Waals surface area contributed by atoms with E-state index in [4.69, 9.17) is 0 Å². The summed E-state index contributed by atoms with van der Waals surface area (Å²) >= 11 is 0. The number of likely N-dealkylation sites (tertiary alicyclic amines) is 1. The smallest absolute Gasteiger partial charge is 0.0133 e. The first kappa shape index (κ1) is 12.2. The van der Waals surface area contributed by atoms with E-state index in [9.17, 15) is 0 Å². The Hall–Kier alpha value is -0.300. The van der Waals surface area contributed by atoms with Crippen molar-refractivity contribution in [2.45, 2.75) is 65.3 Å². The molecule has 0 bridgehead atoms. The average molecular weight is 221 g/mol. The fourth-order valence-corrected chi connectivity index (χ4v) is 3.12. The molecule has 0 spiro atoms. The lowest BCUT2D eigenvalue weighted by Gasteiger charge is -2.38. The zero-order valence-corrected chi connectivity index (χ0v) is 11.3. The normalized spacial score (nSPS) is 28.9. The summed E-state index contributed by atoms with van der Waals surface area (Å²) < 4.78 is 0. The van der Waals surface area contributed by atoms with Crippen LogP contribution in [-0.2, 0) is 0 Å². The van der Waals surface area contributed by atoms with Crippen molar-refractivity contribution in [2.75, 3.05) is 13.1 Å². The van der Waals surface area contributed by atoms with Crippen LogP contribution in [0.1, 0.15) is 59.3 Å². The number of hydrogen-bond donors (Lipinski definition) is 0. The third-order valence-corrected chi connectivity index (χ3v) is 4.25. The summed E-state index contributed by atoms with van der Waals surface area (Å²) in [5.41, 5.74) is 2.08. The minimum atomic E-state index is 0.396. The van der Waals surface area contributed by atoms with E-state index in [1.807, 2.05) is 0 Å². The Bertz CT molecular complexity index is 253. The number of piperidine rings is 1. The fourth-order valence-electron chi connectivity index (χ4n) is 3.12. The summed E-state index contributed by atoms with van der Waals surface area (Å²) in [6.07, 6.45) is 10.8. The molecule has 0 N–H and O–H groups in total. The molecule has 0 radical (unpaired) electrons. The number of nitrogens with zero attached hydrogens (tertiary/aromatic N) is 1. The molecular formula is C15H27N. The van der Waals surface area contributed by atoms with Gasteiger partial charge in [-0.25, -0.2) is 0 Å². The second-order valence-corrected chi connectivity index (χ2v) is 6.50. The van der Waals surface area contributed by atoms with E-state index >= 15 is 0 Å². The Morgan fingerprint density at radius 3 is 2.31 bits per heavy atom. The lowest BCUT2D eigenvalue weighted by molar-refractivity contribution is 0.150. The van der Waals surface area contributed by atoms with Crippen LogP contribution < -0.4 is 0 Å². The minimum absolute atomic E-state index is 0.396. The lowest BCUT2D eigenvalue weighted by atomic mass is 9.79. The van der Waals surface area contributed by atoms with Gasteiger partial charge >= 0.3 is 0 Å². The molecule has 16 heavy (non-hydrogen) atoms. The van der Waals surface area contributed by atoms with Gasteiger partial charge in [0.05, 0.1) is 0 Å². The van der Waals surface area contributed by atoms with Crippen LogP contribution in [0.5, 0.6) is 0 Å². The highest BCUT2D eigenvalue weighted by Crippen LogP contribution is 2.34. The van der Waals surface area contributed by atoms with Crippen molar-refractivity contribution in [3.63, 3.8) is 0 Å². The molecule has 2 rings (SSSR count). The summed E-state index contributed by atoms with van der Waals surface area (Å²) in [5, 5.41) is 0. The second kappa shape index (κ2) is 4.91. The van der Waals surface area contributed by atoms with Crippen LogP contribution in [-0.4, -0.2) is 24.0 Å². The van der Waals surface area contributed by atoms with Gasteiger partial charge in [-0.3, -0.25) is 0 Å². The maximum Gasteiger partial charge on any atom is 0.0133 e. The Labute approximate surface area is 101 Å². The molecule has 1 aliphatic heterocycles. The maximum absolute atomic E-state index is 2.74. The highest BCUT2D eigenvalue weighted by Gasteiger charge is 2.26. The predicted molar refractivity (Wildman–Crippen MR) is 70.6 cm³/mol. The van der Waals surface area contributed by atoms with Gasteiger partial charge in [0.2, 0.25) is 0 Å². The van der Waals surface area contributed by atoms with E-state index in [2.05, 4.69) is 31.7 Å². The Kier molecular flexibility index (Phi) is 3.73. The van der Waals surface area contributed by atoms with Gasteiger partial charge in [-0.05, 0) is 50.6 Å². The quantitative estimate of drug-likeness (QED) is 0.605. The molecule has 1 unspecified atom stereocenters. The minimum Gasteiger partial charge on any atom is -0.300 e. The predicted octanol–water partition coefficient (Wildman–Crippen LogP) is 4.00. The number of allylic oxidation sites excluding steroid dienone is 1. The van der Waals surface area contributed by atoms with Gasteiger partial charge in [-0.15, -0.1) is 0 Å². The van der Waals surface area contributed by atoms with E-state index in [-0.39, 0.29) is 0 Å². The van der Waals surface area contributed by atoms with Gasteiger partial charge in [0.1, 0.15) is 0 Å². The summed E-state index contributed by atoms with van der Waals surface area (Å²) in [6.45, 7) is 9.74. The first-order valence-electron chi connectivity index (χ1n) is 7.01. The van der Waals surface area contributed by atoms with Crippen molar-refractivity contribution in [1.82, 2.24) is 4.90 Å². The first-order valence-corrected chi connectivity index (χ1v) is 7.01. The molecule has 1 nitrogen and oxygen atoms in total. The molecule has 0 aromatic rings. The second-order valence-electron chi connectivity index (χ2n) is 6.50. The van der Waals surface area contributed by atoms with Crippen LogP contribution in [0.15, 0.2) is 11.6 Å². The average Bonchev–Trinajstić information content (AvgIpc) is 2.29. The van der Waals surface area contributed by atoms with Crippen LogP contribution in [0.3, 0.4) is 0 Å². The summed E-state index contributed by atoms with van der Waals surface area (Å²) in [5.74, 6) is 0. The molecule has 1 fully saturated rings. The van der Waals surface area contributed by atoms with Crippen LogP contribution in [0, 0.1) is 5.41 Å². The van der Waals surface area contributed by atoms with Crippen molar-refractivity contribution >= 4 is 0 Å². The largest absolute Gasteiger partial charge is 0.300 e. The maximum atomic E-state index is 2.74. The monoisotopic (exact) mass is 221 g/mol. The SMILES string of the molecule is CC(C)(C)C1=CCC(N2CCCCC2)CC1. The van der Waals surface area contributed by atoms with E-state index in [0.717, 1.165) is 6.04 Å². The molecular weight excluding hydrogens is 194 g/mol. The zero-order valence-electron chi connectivity index (χ0n) is 11.3. The van der Waals surface area contributed by atoms with Gasteiger partial charge in [0.25, 0.3) is 0 Å². The van der Waals surface area contributed by atoms with Crippen molar-refractivity contribution in [2.24, 2.45) is 5.41 Å². The summed E-state index contributed by atoms with van der Waals surface area (Å²) in [6, 6.07) is 0.853. The lowest BCUT2D eigenvalue weighted by Crippen LogP contribution is -2.40. The first-order chi connectivity index (χ1) is 7.57. The van der Waals surface area contributed by atoms with Gasteiger partial charge in [0, 0.05) is 6.04 Å². The summed E-state index contributed by atoms with van der Waals surface area (Å²) in [4.78, 5) is 2.74. The fraction of sp³-hybridized carbons (Fsp3) is 0.867. The van der Waals surface area contributed by atoms with E-state index < -0.39 is 0 Å². The third kappa shape index (κ3) is 2.88. The third-order valence-electron chi connectivity index (χ3n) is 4.25. The number of rotatable bonds is 1. The van der Waals surface area contributed by atoms with Crippen LogP contribution >= 0.6 is 0 Å². The highest BCUT2D eigenvalue weighted by atomic mass is 15.2. The molecule has 1 heteroatoms. The van der Waals surface area contributed by atoms with Gasteiger partial charge in [-0.1, -0.05) is 38.8 Å². The van der Waals surface area contributed by atoms with Gasteiger partial charge in [-0.2, -0.15) is 0 Å². The zero-order chi connectivity index (χ0) is 11.6. The van der Waals surface area contributed by atoms with Crippen molar-refractivity contribution < 1.29 is 0 Å². The molecule has 0 aromatic heterocycles. The molecule has 0 saturated carbocycles. The van der Waals surface area contributed by atoms with Gasteiger partial charge < -0.3 is 4.90 Å². The molecule has 0 amide bonds. The highest BCUT2D eigenvalue weighted by molar-refractivity contribution is 5.15. The Balaban J connectivity index is 1.91. The van der Waals surface area contributed by atoms with E-state index in [0.29, 0.717) is 5.41 Å². The van der Waals surface area contributed by atoms with E-state index in [1.54, 1.807) is 5.57 Å². The van der Waals surface area contributed by atoms with Crippen LogP contribution in [0.4, 0.5) is 0 Å². The summed E-state index contributed by atoms with van der Waals surface area (Å²) in [7, 11) is 0. The van der Waals surface area contributed by atoms with Crippen LogP contribution in [0.25, 0.3) is 0 Å². The standard InChI is InChI=1S/C15H27N/c1-15(2,3)13-7-9-14(10-8-13)16-11-5-4-6-12-16/h7,14H,4-6,8-12H2,1-3H3. The molecule has 92 valence electrons. The van der Waals surface area contributed by atoms with Crippen molar-refractivity contribution in [3.05, 3.63) is 11.6 Å². The number of hydrogen-bond acceptors (Lipinski definition) is 1. The molecule has 1 heterocycles. The van der Waals surface area contributed by atoms with E-state index in [1.165, 1.54) is 51.6 Å². The molecule has 1 aliphatic carbocycles. The van der Waals surface area contributed by atoms with Gasteiger partial charge in [0.15, 0.2) is 0 Å². The Morgan fingerprint density at radius 1 is 1.12 bits per heavy atom. The molecule has 0 aromatic carbocycles. The molecule has 1 saturated heterocycles. The molecule has 1 atom stereocenters. The van der Waals surface area contributed by atoms with Crippen molar-refractivity contribution in [1.29, 1.82) is 0 Å². The van der Waals surface area contributed by atoms with Crippen LogP contribution in [0.2, 0.25) is 0 Å². The van der Waals surface area contributed by atoms with Crippen molar-refractivity contribution in [3.8, 4) is 0 Å².